The predicted molar refractivity (Wildman–Crippen MR) is 86.5 cm³/mol. The number of benzene rings is 1. The van der Waals surface area contributed by atoms with Gasteiger partial charge in [0.25, 0.3) is 5.91 Å². The van der Waals surface area contributed by atoms with Gasteiger partial charge in [0.2, 0.25) is 0 Å². The molecule has 20 heavy (non-hydrogen) atoms. The average molecular weight is 363 g/mol. The predicted octanol–water partition coefficient (Wildman–Crippen LogP) is 4.85. The van der Waals surface area contributed by atoms with E-state index in [-0.39, 0.29) is 5.91 Å². The number of carbonyl (C=O) groups excluding carboxylic acids is 1. The number of anilines is 1. The Kier molecular flexibility index (Phi) is 3.57. The van der Waals surface area contributed by atoms with Crippen LogP contribution >= 0.6 is 38.6 Å². The van der Waals surface area contributed by atoms with Gasteiger partial charge in [0, 0.05) is 13.9 Å². The minimum atomic E-state index is -0.187. The van der Waals surface area contributed by atoms with Gasteiger partial charge in [-0.05, 0) is 35.7 Å². The van der Waals surface area contributed by atoms with E-state index in [4.69, 9.17) is 5.26 Å². The van der Waals surface area contributed by atoms with Gasteiger partial charge in [-0.1, -0.05) is 15.9 Å². The molecule has 0 fully saturated rings. The molecule has 2 heterocycles. The van der Waals surface area contributed by atoms with Crippen LogP contribution in [-0.2, 0) is 0 Å². The van der Waals surface area contributed by atoms with Crippen LogP contribution in [0.1, 0.15) is 15.2 Å². The molecule has 1 N–H and O–H groups in total. The van der Waals surface area contributed by atoms with Crippen molar-refractivity contribution < 1.29 is 4.79 Å². The molecule has 0 aliphatic rings. The maximum absolute atomic E-state index is 12.2. The number of nitriles is 1. The van der Waals surface area contributed by atoms with Crippen LogP contribution in [0.4, 0.5) is 5.69 Å². The first kappa shape index (κ1) is 13.3. The van der Waals surface area contributed by atoms with E-state index in [9.17, 15) is 4.79 Å². The molecule has 1 aromatic carbocycles. The van der Waals surface area contributed by atoms with E-state index in [1.807, 2.05) is 17.5 Å². The number of thiophene rings is 2. The average Bonchev–Trinajstić information content (AvgIpc) is 2.99. The van der Waals surface area contributed by atoms with Crippen LogP contribution in [0.15, 0.2) is 40.2 Å². The van der Waals surface area contributed by atoms with Crippen LogP contribution in [0.3, 0.4) is 0 Å². The van der Waals surface area contributed by atoms with Gasteiger partial charge in [0.15, 0.2) is 0 Å². The molecular formula is C14H7BrN2OS2. The van der Waals surface area contributed by atoms with E-state index in [2.05, 4.69) is 27.3 Å². The lowest BCUT2D eigenvalue weighted by Crippen LogP contribution is -2.11. The largest absolute Gasteiger partial charge is 0.320 e. The van der Waals surface area contributed by atoms with Gasteiger partial charge in [-0.3, -0.25) is 4.79 Å². The van der Waals surface area contributed by atoms with Gasteiger partial charge in [0.05, 0.1) is 16.1 Å². The van der Waals surface area contributed by atoms with E-state index in [0.29, 0.717) is 16.1 Å². The number of hydrogen-bond donors (Lipinski definition) is 1. The summed E-state index contributed by atoms with van der Waals surface area (Å²) in [7, 11) is 0. The van der Waals surface area contributed by atoms with Crippen LogP contribution in [0, 0.1) is 11.3 Å². The fourth-order valence-corrected chi connectivity index (χ4v) is 4.14. The summed E-state index contributed by atoms with van der Waals surface area (Å²) in [4.78, 5) is 12.9. The molecule has 0 aliphatic heterocycles. The van der Waals surface area contributed by atoms with Crippen molar-refractivity contribution in [1.29, 1.82) is 5.26 Å². The van der Waals surface area contributed by atoms with Crippen LogP contribution in [-0.4, -0.2) is 5.91 Å². The molecule has 0 radical (unpaired) electrons. The number of hydrogen-bond acceptors (Lipinski definition) is 4. The topological polar surface area (TPSA) is 52.9 Å². The first-order chi connectivity index (χ1) is 9.67. The van der Waals surface area contributed by atoms with Gasteiger partial charge >= 0.3 is 0 Å². The number of carbonyl (C=O) groups is 1. The molecule has 6 heteroatoms. The maximum Gasteiger partial charge on any atom is 0.265 e. The third-order valence-corrected chi connectivity index (χ3v) is 5.30. The van der Waals surface area contributed by atoms with E-state index in [0.717, 1.165) is 13.9 Å². The monoisotopic (exact) mass is 362 g/mol. The Morgan fingerprint density at radius 1 is 1.25 bits per heavy atom. The Morgan fingerprint density at radius 3 is 2.85 bits per heavy atom. The number of rotatable bonds is 2. The highest BCUT2D eigenvalue weighted by atomic mass is 79.9. The van der Waals surface area contributed by atoms with E-state index >= 15 is 0 Å². The molecule has 1 amide bonds. The number of fused-ring (bicyclic) bond motifs is 1. The van der Waals surface area contributed by atoms with Crippen molar-refractivity contribution >= 4 is 59.6 Å². The van der Waals surface area contributed by atoms with Crippen molar-refractivity contribution in [2.45, 2.75) is 0 Å². The fourth-order valence-electron chi connectivity index (χ4n) is 1.78. The minimum Gasteiger partial charge on any atom is -0.320 e. The number of halogens is 1. The molecule has 98 valence electrons. The number of nitrogens with zero attached hydrogens (tertiary/aromatic N) is 1. The Morgan fingerprint density at radius 2 is 2.10 bits per heavy atom. The van der Waals surface area contributed by atoms with E-state index in [1.54, 1.807) is 29.5 Å². The van der Waals surface area contributed by atoms with Gasteiger partial charge in [-0.15, -0.1) is 22.7 Å². The van der Waals surface area contributed by atoms with Gasteiger partial charge in [-0.25, -0.2) is 0 Å². The van der Waals surface area contributed by atoms with Crippen molar-refractivity contribution in [3.63, 3.8) is 0 Å². The molecule has 0 bridgehead atoms. The third-order valence-electron chi connectivity index (χ3n) is 2.71. The normalized spacial score (nSPS) is 10.4. The zero-order valence-electron chi connectivity index (χ0n) is 10.0. The summed E-state index contributed by atoms with van der Waals surface area (Å²) < 4.78 is 3.03. The number of nitrogens with one attached hydrogen (secondary N) is 1. The van der Waals surface area contributed by atoms with Gasteiger partial charge in [0.1, 0.15) is 6.07 Å². The van der Waals surface area contributed by atoms with Gasteiger partial charge < -0.3 is 5.32 Å². The fraction of sp³-hybridized carbons (Fsp3) is 0. The quantitative estimate of drug-likeness (QED) is 0.708. The van der Waals surface area contributed by atoms with E-state index in [1.165, 1.54) is 11.3 Å². The zero-order chi connectivity index (χ0) is 14.1. The Bertz CT molecular complexity index is 816. The lowest BCUT2D eigenvalue weighted by Gasteiger charge is -2.06. The molecule has 3 aromatic rings. The smallest absolute Gasteiger partial charge is 0.265 e. The molecule has 0 atom stereocenters. The molecule has 0 aliphatic carbocycles. The van der Waals surface area contributed by atoms with Crippen molar-refractivity contribution in [3.05, 3.63) is 50.6 Å². The van der Waals surface area contributed by atoms with Crippen molar-refractivity contribution in [2.24, 2.45) is 0 Å². The summed E-state index contributed by atoms with van der Waals surface area (Å²) in [5, 5.41) is 13.9. The Labute approximate surface area is 131 Å². The molecular weight excluding hydrogens is 356 g/mol. The van der Waals surface area contributed by atoms with Crippen molar-refractivity contribution in [2.75, 3.05) is 5.32 Å². The number of amides is 1. The second kappa shape index (κ2) is 5.37. The molecule has 0 unspecified atom stereocenters. The second-order valence-corrected chi connectivity index (χ2v) is 6.96. The lowest BCUT2D eigenvalue weighted by molar-refractivity contribution is 0.103. The summed E-state index contributed by atoms with van der Waals surface area (Å²) in [5.74, 6) is -0.187. The maximum atomic E-state index is 12.2. The standard InChI is InChI=1S/C14H7BrN2OS2/c15-9-2-1-8(7-16)10(5-9)17-14(18)13-6-12-11(20-13)3-4-19-12/h1-6H,(H,17,18). The summed E-state index contributed by atoms with van der Waals surface area (Å²) in [6, 6.07) is 11.1. The molecule has 0 saturated heterocycles. The summed E-state index contributed by atoms with van der Waals surface area (Å²) in [6.07, 6.45) is 0. The molecule has 3 nitrogen and oxygen atoms in total. The van der Waals surface area contributed by atoms with Crippen LogP contribution in [0.25, 0.3) is 9.40 Å². The third kappa shape index (κ3) is 2.48. The summed E-state index contributed by atoms with van der Waals surface area (Å²) >= 11 is 6.40. The van der Waals surface area contributed by atoms with Crippen molar-refractivity contribution in [1.82, 2.24) is 0 Å². The summed E-state index contributed by atoms with van der Waals surface area (Å²) in [6.45, 7) is 0. The van der Waals surface area contributed by atoms with Crippen LogP contribution in [0.5, 0.6) is 0 Å². The zero-order valence-corrected chi connectivity index (χ0v) is 13.2. The lowest BCUT2D eigenvalue weighted by atomic mass is 10.2. The van der Waals surface area contributed by atoms with E-state index < -0.39 is 0 Å². The van der Waals surface area contributed by atoms with Crippen molar-refractivity contribution in [3.8, 4) is 6.07 Å². The SMILES string of the molecule is N#Cc1ccc(Br)cc1NC(=O)c1cc2sccc2s1. The second-order valence-electron chi connectivity index (χ2n) is 4.02. The molecule has 0 saturated carbocycles. The summed E-state index contributed by atoms with van der Waals surface area (Å²) in [5.41, 5.74) is 0.962. The minimum absolute atomic E-state index is 0.187. The Hall–Kier alpha value is -1.68. The van der Waals surface area contributed by atoms with Gasteiger partial charge in [-0.2, -0.15) is 5.26 Å². The first-order valence-corrected chi connectivity index (χ1v) is 8.14. The molecule has 0 spiro atoms. The highest BCUT2D eigenvalue weighted by Crippen LogP contribution is 2.31. The highest BCUT2D eigenvalue weighted by molar-refractivity contribution is 9.10. The Balaban J connectivity index is 1.91. The van der Waals surface area contributed by atoms with Crippen LogP contribution in [0.2, 0.25) is 0 Å². The highest BCUT2D eigenvalue weighted by Gasteiger charge is 2.13. The molecule has 2 aromatic heterocycles. The first-order valence-electron chi connectivity index (χ1n) is 5.65. The molecule has 3 rings (SSSR count). The van der Waals surface area contributed by atoms with Crippen LogP contribution < -0.4 is 5.32 Å².